The molecule has 1 aliphatic rings. The fourth-order valence-electron chi connectivity index (χ4n) is 2.18. The molecule has 0 bridgehead atoms. The lowest BCUT2D eigenvalue weighted by atomic mass is 9.76. The van der Waals surface area contributed by atoms with Crippen LogP contribution in [0.2, 0.25) is 0 Å². The second-order valence-electron chi connectivity index (χ2n) is 6.14. The van der Waals surface area contributed by atoms with Crippen LogP contribution in [0.15, 0.2) is 17.1 Å². The number of hydrogen-bond donors (Lipinski definition) is 0. The first-order valence-corrected chi connectivity index (χ1v) is 6.73. The Balaban J connectivity index is 2.45. The van der Waals surface area contributed by atoms with E-state index in [4.69, 9.17) is 9.31 Å². The van der Waals surface area contributed by atoms with Crippen molar-refractivity contribution in [2.75, 3.05) is 0 Å². The van der Waals surface area contributed by atoms with E-state index in [9.17, 15) is 4.79 Å². The first-order chi connectivity index (χ1) is 8.68. The van der Waals surface area contributed by atoms with Crippen molar-refractivity contribution in [1.82, 2.24) is 4.57 Å². The number of rotatable bonds is 2. The van der Waals surface area contributed by atoms with Crippen molar-refractivity contribution in [1.29, 1.82) is 0 Å². The SMILES string of the molecule is CCc1cc(=O)n(C)cc1B1OC(C)(C)C(C)(C)O1. The van der Waals surface area contributed by atoms with E-state index < -0.39 is 7.12 Å². The highest BCUT2D eigenvalue weighted by Gasteiger charge is 2.52. The number of nitrogens with zero attached hydrogens (tertiary/aromatic N) is 1. The summed E-state index contributed by atoms with van der Waals surface area (Å²) in [5, 5.41) is 0. The Morgan fingerprint density at radius 2 is 1.74 bits per heavy atom. The Morgan fingerprint density at radius 1 is 1.21 bits per heavy atom. The number of pyridine rings is 1. The molecule has 2 heterocycles. The lowest BCUT2D eigenvalue weighted by molar-refractivity contribution is 0.00578. The summed E-state index contributed by atoms with van der Waals surface area (Å²) in [7, 11) is 1.34. The predicted molar refractivity (Wildman–Crippen MR) is 76.8 cm³/mol. The topological polar surface area (TPSA) is 40.5 Å². The number of aryl methyl sites for hydroxylation is 2. The molecular formula is C14H22BNO3. The maximum absolute atomic E-state index is 11.7. The standard InChI is InChI=1S/C14H22BNO3/c1-7-10-8-12(17)16(6)9-11(10)15-18-13(2,3)14(4,5)19-15/h8-9H,7H2,1-6H3. The van der Waals surface area contributed by atoms with Crippen molar-refractivity contribution >= 4 is 12.6 Å². The predicted octanol–water partition coefficient (Wildman–Crippen LogP) is 1.25. The van der Waals surface area contributed by atoms with Gasteiger partial charge in [-0.2, -0.15) is 0 Å². The van der Waals surface area contributed by atoms with E-state index in [1.807, 2.05) is 40.8 Å². The molecule has 5 heteroatoms. The molecule has 1 fully saturated rings. The zero-order valence-electron chi connectivity index (χ0n) is 12.6. The van der Waals surface area contributed by atoms with E-state index in [1.54, 1.807) is 17.7 Å². The monoisotopic (exact) mass is 263 g/mol. The van der Waals surface area contributed by atoms with Gasteiger partial charge in [0.25, 0.3) is 0 Å². The van der Waals surface area contributed by atoms with Crippen LogP contribution in [0.3, 0.4) is 0 Å². The summed E-state index contributed by atoms with van der Waals surface area (Å²) in [5.74, 6) is 0. The second-order valence-corrected chi connectivity index (χ2v) is 6.14. The van der Waals surface area contributed by atoms with E-state index in [0.29, 0.717) is 0 Å². The summed E-state index contributed by atoms with van der Waals surface area (Å²) < 4.78 is 13.7. The van der Waals surface area contributed by atoms with Crippen LogP contribution >= 0.6 is 0 Å². The third-order valence-corrected chi connectivity index (χ3v) is 4.24. The van der Waals surface area contributed by atoms with E-state index in [2.05, 4.69) is 0 Å². The molecule has 0 aliphatic carbocycles. The lowest BCUT2D eigenvalue weighted by Crippen LogP contribution is -2.41. The molecule has 0 N–H and O–H groups in total. The smallest absolute Gasteiger partial charge is 0.399 e. The van der Waals surface area contributed by atoms with Crippen LogP contribution in [0.5, 0.6) is 0 Å². The van der Waals surface area contributed by atoms with Gasteiger partial charge in [-0.1, -0.05) is 6.92 Å². The van der Waals surface area contributed by atoms with Crippen molar-refractivity contribution in [2.45, 2.75) is 52.2 Å². The summed E-state index contributed by atoms with van der Waals surface area (Å²) in [6.07, 6.45) is 2.61. The van der Waals surface area contributed by atoms with Gasteiger partial charge in [0.2, 0.25) is 5.56 Å². The normalized spacial score (nSPS) is 20.8. The van der Waals surface area contributed by atoms with Gasteiger partial charge in [-0.3, -0.25) is 4.79 Å². The fourth-order valence-corrected chi connectivity index (χ4v) is 2.18. The molecular weight excluding hydrogens is 241 g/mol. The summed E-state index contributed by atoms with van der Waals surface area (Å²) >= 11 is 0. The Hall–Kier alpha value is -1.07. The third kappa shape index (κ3) is 2.37. The molecule has 0 amide bonds. The number of aromatic nitrogens is 1. The lowest BCUT2D eigenvalue weighted by Gasteiger charge is -2.32. The maximum Gasteiger partial charge on any atom is 0.496 e. The van der Waals surface area contributed by atoms with Gasteiger partial charge in [-0.05, 0) is 39.7 Å². The molecule has 1 aromatic heterocycles. The molecule has 0 unspecified atom stereocenters. The maximum atomic E-state index is 11.7. The van der Waals surface area contributed by atoms with Crippen LogP contribution < -0.4 is 11.0 Å². The van der Waals surface area contributed by atoms with Crippen LogP contribution in [0.25, 0.3) is 0 Å². The molecule has 0 saturated carbocycles. The third-order valence-electron chi connectivity index (χ3n) is 4.24. The van der Waals surface area contributed by atoms with Crippen LogP contribution in [0, 0.1) is 0 Å². The van der Waals surface area contributed by atoms with E-state index in [0.717, 1.165) is 17.4 Å². The summed E-state index contributed by atoms with van der Waals surface area (Å²) in [4.78, 5) is 11.7. The quantitative estimate of drug-likeness (QED) is 0.754. The fraction of sp³-hybridized carbons (Fsp3) is 0.643. The van der Waals surface area contributed by atoms with Gasteiger partial charge in [0.1, 0.15) is 0 Å². The molecule has 1 aromatic rings. The van der Waals surface area contributed by atoms with Crippen LogP contribution in [-0.4, -0.2) is 22.9 Å². The molecule has 0 atom stereocenters. The zero-order chi connectivity index (χ0) is 14.4. The van der Waals surface area contributed by atoms with Crippen LogP contribution in [0.4, 0.5) is 0 Å². The minimum atomic E-state index is -0.410. The largest absolute Gasteiger partial charge is 0.496 e. The van der Waals surface area contributed by atoms with Gasteiger partial charge in [0.15, 0.2) is 0 Å². The van der Waals surface area contributed by atoms with Gasteiger partial charge in [0.05, 0.1) is 11.2 Å². The Morgan fingerprint density at radius 3 is 2.21 bits per heavy atom. The average Bonchev–Trinajstić information content (AvgIpc) is 2.51. The average molecular weight is 263 g/mol. The summed E-state index contributed by atoms with van der Waals surface area (Å²) in [6, 6.07) is 1.67. The summed E-state index contributed by atoms with van der Waals surface area (Å²) in [5.41, 5.74) is 1.20. The first kappa shape index (κ1) is 14.3. The van der Waals surface area contributed by atoms with E-state index in [1.165, 1.54) is 0 Å². The second kappa shape index (κ2) is 4.49. The molecule has 104 valence electrons. The van der Waals surface area contributed by atoms with E-state index >= 15 is 0 Å². The van der Waals surface area contributed by atoms with Crippen LogP contribution in [0.1, 0.15) is 40.2 Å². The van der Waals surface area contributed by atoms with Crippen molar-refractivity contribution < 1.29 is 9.31 Å². The van der Waals surface area contributed by atoms with Crippen molar-refractivity contribution in [2.24, 2.45) is 7.05 Å². The molecule has 1 saturated heterocycles. The molecule has 4 nitrogen and oxygen atoms in total. The molecule has 19 heavy (non-hydrogen) atoms. The Labute approximate surface area is 114 Å². The van der Waals surface area contributed by atoms with Gasteiger partial charge < -0.3 is 13.9 Å². The van der Waals surface area contributed by atoms with Gasteiger partial charge in [0, 0.05) is 24.8 Å². The molecule has 0 radical (unpaired) electrons. The Kier molecular flexibility index (Phi) is 3.39. The molecule has 2 rings (SSSR count). The van der Waals surface area contributed by atoms with Gasteiger partial charge in [-0.15, -0.1) is 0 Å². The van der Waals surface area contributed by atoms with Crippen molar-refractivity contribution in [3.8, 4) is 0 Å². The molecule has 0 spiro atoms. The van der Waals surface area contributed by atoms with Gasteiger partial charge >= 0.3 is 7.12 Å². The minimum Gasteiger partial charge on any atom is -0.399 e. The van der Waals surface area contributed by atoms with Crippen molar-refractivity contribution in [3.63, 3.8) is 0 Å². The first-order valence-electron chi connectivity index (χ1n) is 6.73. The zero-order valence-corrected chi connectivity index (χ0v) is 12.6. The minimum absolute atomic E-state index is 0.00267. The highest BCUT2D eigenvalue weighted by Crippen LogP contribution is 2.36. The molecule has 0 aromatic carbocycles. The highest BCUT2D eigenvalue weighted by atomic mass is 16.7. The van der Waals surface area contributed by atoms with E-state index in [-0.39, 0.29) is 16.8 Å². The number of hydrogen-bond acceptors (Lipinski definition) is 3. The summed E-state index contributed by atoms with van der Waals surface area (Å²) in [6.45, 7) is 10.1. The van der Waals surface area contributed by atoms with Gasteiger partial charge in [-0.25, -0.2) is 0 Å². The Bertz CT molecular complexity index is 532. The van der Waals surface area contributed by atoms with Crippen LogP contribution in [-0.2, 0) is 22.8 Å². The highest BCUT2D eigenvalue weighted by molar-refractivity contribution is 6.62. The van der Waals surface area contributed by atoms with Crippen molar-refractivity contribution in [3.05, 3.63) is 28.2 Å². The molecule has 1 aliphatic heterocycles.